The lowest BCUT2D eigenvalue weighted by Gasteiger charge is -2.22. The Bertz CT molecular complexity index is 611. The predicted octanol–water partition coefficient (Wildman–Crippen LogP) is 3.70. The Hall–Kier alpha value is -2.03. The molecule has 1 heterocycles. The largest absolute Gasteiger partial charge is 0.466 e. The van der Waals surface area contributed by atoms with Gasteiger partial charge in [-0.05, 0) is 38.3 Å². The Morgan fingerprint density at radius 2 is 1.95 bits per heavy atom. The van der Waals surface area contributed by atoms with Crippen molar-refractivity contribution < 1.29 is 9.21 Å². The van der Waals surface area contributed by atoms with Crippen LogP contribution in [-0.2, 0) is 6.54 Å². The molecule has 3 heteroatoms. The van der Waals surface area contributed by atoms with E-state index in [9.17, 15) is 4.79 Å². The molecule has 0 bridgehead atoms. The summed E-state index contributed by atoms with van der Waals surface area (Å²) in [7, 11) is 0. The van der Waals surface area contributed by atoms with Crippen molar-refractivity contribution in [3.05, 3.63) is 59.0 Å². The summed E-state index contributed by atoms with van der Waals surface area (Å²) in [5.41, 5.74) is 1.87. The zero-order valence-electron chi connectivity index (χ0n) is 11.9. The fourth-order valence-electron chi connectivity index (χ4n) is 2.53. The fourth-order valence-corrected chi connectivity index (χ4v) is 2.53. The normalized spacial score (nSPS) is 14.3. The highest BCUT2D eigenvalue weighted by Gasteiger charge is 2.34. The maximum atomic E-state index is 12.7. The molecule has 1 amide bonds. The molecular weight excluding hydrogens is 250 g/mol. The molecule has 1 aliphatic rings. The first-order chi connectivity index (χ1) is 9.65. The van der Waals surface area contributed by atoms with E-state index in [4.69, 9.17) is 4.42 Å². The minimum atomic E-state index is 0.0886. The topological polar surface area (TPSA) is 33.5 Å². The molecular formula is C17H19NO2. The summed E-state index contributed by atoms with van der Waals surface area (Å²) in [4.78, 5) is 14.7. The maximum Gasteiger partial charge on any atom is 0.257 e. The van der Waals surface area contributed by atoms with E-state index in [-0.39, 0.29) is 5.91 Å². The first kappa shape index (κ1) is 13.0. The summed E-state index contributed by atoms with van der Waals surface area (Å²) in [5.74, 6) is 1.60. The molecule has 1 aromatic carbocycles. The van der Waals surface area contributed by atoms with Gasteiger partial charge < -0.3 is 9.32 Å². The lowest BCUT2D eigenvalue weighted by molar-refractivity contribution is 0.0728. The second kappa shape index (κ2) is 5.16. The monoisotopic (exact) mass is 269 g/mol. The molecule has 1 aliphatic carbocycles. The molecule has 2 aromatic rings. The highest BCUT2D eigenvalue weighted by molar-refractivity contribution is 5.95. The van der Waals surface area contributed by atoms with Crippen molar-refractivity contribution in [2.45, 2.75) is 39.3 Å². The summed E-state index contributed by atoms with van der Waals surface area (Å²) in [6.45, 7) is 4.41. The van der Waals surface area contributed by atoms with Crippen molar-refractivity contribution in [2.24, 2.45) is 0 Å². The molecule has 1 fully saturated rings. The van der Waals surface area contributed by atoms with Gasteiger partial charge in [0.15, 0.2) is 0 Å². The maximum absolute atomic E-state index is 12.7. The third-order valence-corrected chi connectivity index (χ3v) is 3.72. The molecule has 0 aliphatic heterocycles. The van der Waals surface area contributed by atoms with Gasteiger partial charge in [0, 0.05) is 12.6 Å². The molecule has 3 nitrogen and oxygen atoms in total. The van der Waals surface area contributed by atoms with E-state index in [2.05, 4.69) is 12.1 Å². The zero-order valence-corrected chi connectivity index (χ0v) is 11.9. The predicted molar refractivity (Wildman–Crippen MR) is 77.5 cm³/mol. The number of hydrogen-bond acceptors (Lipinski definition) is 2. The molecule has 0 unspecified atom stereocenters. The van der Waals surface area contributed by atoms with E-state index < -0.39 is 0 Å². The molecule has 0 spiro atoms. The molecule has 1 aromatic heterocycles. The van der Waals surface area contributed by atoms with Crippen LogP contribution in [0.4, 0.5) is 0 Å². The van der Waals surface area contributed by atoms with Gasteiger partial charge in [-0.3, -0.25) is 4.79 Å². The van der Waals surface area contributed by atoms with Crippen LogP contribution in [0.2, 0.25) is 0 Å². The molecule has 1 saturated carbocycles. The van der Waals surface area contributed by atoms with Gasteiger partial charge in [0.25, 0.3) is 5.91 Å². The summed E-state index contributed by atoms with van der Waals surface area (Å²) in [6, 6.07) is 12.4. The SMILES string of the molecule is Cc1cc(C(=O)N(Cc2ccccc2)C2CC2)c(C)o1. The number of benzene rings is 1. The highest BCUT2D eigenvalue weighted by atomic mass is 16.3. The van der Waals surface area contributed by atoms with Crippen LogP contribution in [0.5, 0.6) is 0 Å². The molecule has 0 radical (unpaired) electrons. The Balaban J connectivity index is 1.84. The number of carbonyl (C=O) groups excluding carboxylic acids is 1. The number of furan rings is 1. The van der Waals surface area contributed by atoms with Crippen LogP contribution in [0.3, 0.4) is 0 Å². The average molecular weight is 269 g/mol. The van der Waals surface area contributed by atoms with Gasteiger partial charge >= 0.3 is 0 Å². The number of nitrogens with zero attached hydrogens (tertiary/aromatic N) is 1. The van der Waals surface area contributed by atoms with Gasteiger partial charge in [-0.1, -0.05) is 30.3 Å². The number of amides is 1. The number of rotatable bonds is 4. The van der Waals surface area contributed by atoms with E-state index in [0.29, 0.717) is 23.9 Å². The average Bonchev–Trinajstić information content (AvgIpc) is 3.22. The van der Waals surface area contributed by atoms with Crippen LogP contribution in [0, 0.1) is 13.8 Å². The first-order valence-electron chi connectivity index (χ1n) is 7.07. The Morgan fingerprint density at radius 1 is 1.25 bits per heavy atom. The summed E-state index contributed by atoms with van der Waals surface area (Å²) in [6.07, 6.45) is 2.21. The van der Waals surface area contributed by atoms with Crippen molar-refractivity contribution in [2.75, 3.05) is 0 Å². The minimum absolute atomic E-state index is 0.0886. The van der Waals surface area contributed by atoms with E-state index in [1.54, 1.807) is 0 Å². The van der Waals surface area contributed by atoms with Crippen LogP contribution in [0.15, 0.2) is 40.8 Å². The summed E-state index contributed by atoms with van der Waals surface area (Å²) < 4.78 is 5.49. The Labute approximate surface area is 119 Å². The van der Waals surface area contributed by atoms with E-state index in [1.807, 2.05) is 43.0 Å². The van der Waals surface area contributed by atoms with Crippen LogP contribution in [0.25, 0.3) is 0 Å². The molecule has 20 heavy (non-hydrogen) atoms. The van der Waals surface area contributed by atoms with Gasteiger partial charge in [-0.25, -0.2) is 0 Å². The van der Waals surface area contributed by atoms with Gasteiger partial charge in [-0.15, -0.1) is 0 Å². The van der Waals surface area contributed by atoms with E-state index in [0.717, 1.165) is 18.6 Å². The quantitative estimate of drug-likeness (QED) is 0.848. The van der Waals surface area contributed by atoms with Crippen molar-refractivity contribution in [1.29, 1.82) is 0 Å². The molecule has 104 valence electrons. The van der Waals surface area contributed by atoms with Gasteiger partial charge in [0.2, 0.25) is 0 Å². The Morgan fingerprint density at radius 3 is 2.50 bits per heavy atom. The van der Waals surface area contributed by atoms with E-state index >= 15 is 0 Å². The fraction of sp³-hybridized carbons (Fsp3) is 0.353. The standard InChI is InChI=1S/C17H19NO2/c1-12-10-16(13(2)20-12)17(19)18(15-8-9-15)11-14-6-4-3-5-7-14/h3-7,10,15H,8-9,11H2,1-2H3. The van der Waals surface area contributed by atoms with Crippen LogP contribution in [-0.4, -0.2) is 16.8 Å². The number of aryl methyl sites for hydroxylation is 2. The minimum Gasteiger partial charge on any atom is -0.466 e. The summed E-state index contributed by atoms with van der Waals surface area (Å²) >= 11 is 0. The molecule has 0 atom stereocenters. The third kappa shape index (κ3) is 2.62. The second-order valence-electron chi connectivity index (χ2n) is 5.48. The van der Waals surface area contributed by atoms with Gasteiger partial charge in [0.1, 0.15) is 11.5 Å². The molecule has 0 N–H and O–H groups in total. The summed E-state index contributed by atoms with van der Waals surface area (Å²) in [5, 5.41) is 0. The third-order valence-electron chi connectivity index (χ3n) is 3.72. The lowest BCUT2D eigenvalue weighted by atomic mass is 10.1. The molecule has 3 rings (SSSR count). The van der Waals surface area contributed by atoms with Crippen molar-refractivity contribution in [3.63, 3.8) is 0 Å². The van der Waals surface area contributed by atoms with Crippen molar-refractivity contribution in [3.8, 4) is 0 Å². The van der Waals surface area contributed by atoms with Gasteiger partial charge in [0.05, 0.1) is 5.56 Å². The smallest absolute Gasteiger partial charge is 0.257 e. The van der Waals surface area contributed by atoms with Gasteiger partial charge in [-0.2, -0.15) is 0 Å². The highest BCUT2D eigenvalue weighted by Crippen LogP contribution is 2.30. The lowest BCUT2D eigenvalue weighted by Crippen LogP contribution is -2.32. The van der Waals surface area contributed by atoms with Crippen molar-refractivity contribution >= 4 is 5.91 Å². The van der Waals surface area contributed by atoms with Crippen LogP contribution in [0.1, 0.15) is 40.3 Å². The van der Waals surface area contributed by atoms with Crippen LogP contribution >= 0.6 is 0 Å². The van der Waals surface area contributed by atoms with Crippen LogP contribution < -0.4 is 0 Å². The van der Waals surface area contributed by atoms with E-state index in [1.165, 1.54) is 5.56 Å². The Kier molecular flexibility index (Phi) is 3.35. The first-order valence-corrected chi connectivity index (χ1v) is 7.07. The molecule has 0 saturated heterocycles. The number of hydrogen-bond donors (Lipinski definition) is 0. The zero-order chi connectivity index (χ0) is 14.1. The number of carbonyl (C=O) groups is 1. The van der Waals surface area contributed by atoms with Crippen molar-refractivity contribution in [1.82, 2.24) is 4.90 Å². The second-order valence-corrected chi connectivity index (χ2v) is 5.48.